The average molecular weight is 457 g/mol. The highest BCUT2D eigenvalue weighted by Crippen LogP contribution is 2.41. The number of rotatable bonds is 5. The molecule has 2 aliphatic carbocycles. The molecule has 1 amide bonds. The van der Waals surface area contributed by atoms with Gasteiger partial charge in [-0.2, -0.15) is 18.4 Å². The standard InChI is InChI=1S/C25H26F3N3O2/c1-24(33,25(26,27)28)18-8-4-17(5-9-18)23(32)31(20-12-13-20)19-10-6-16(7-11-19)21-3-2-14-30-22(21)15-29/h2-5,8-9,14,16,19-20,33H,6-7,10-13H2,1H3/t16-,19-,24-/m0/s1. The zero-order valence-electron chi connectivity index (χ0n) is 18.3. The predicted octanol–water partition coefficient (Wildman–Crippen LogP) is 5.05. The molecule has 33 heavy (non-hydrogen) atoms. The van der Waals surface area contributed by atoms with Crippen molar-refractivity contribution in [2.24, 2.45) is 0 Å². The Morgan fingerprint density at radius 1 is 1.06 bits per heavy atom. The van der Waals surface area contributed by atoms with Crippen LogP contribution in [0.1, 0.15) is 78.5 Å². The minimum Gasteiger partial charge on any atom is -0.376 e. The van der Waals surface area contributed by atoms with Gasteiger partial charge in [-0.25, -0.2) is 4.98 Å². The summed E-state index contributed by atoms with van der Waals surface area (Å²) >= 11 is 0. The lowest BCUT2D eigenvalue weighted by Crippen LogP contribution is -2.44. The van der Waals surface area contributed by atoms with Crippen LogP contribution in [-0.4, -0.2) is 39.2 Å². The maximum atomic E-state index is 13.3. The number of hydrogen-bond acceptors (Lipinski definition) is 4. The van der Waals surface area contributed by atoms with E-state index in [0.717, 1.165) is 44.1 Å². The Balaban J connectivity index is 1.48. The molecule has 0 saturated heterocycles. The molecule has 2 saturated carbocycles. The number of carbonyl (C=O) groups excluding carboxylic acids is 1. The van der Waals surface area contributed by atoms with Crippen LogP contribution in [0.3, 0.4) is 0 Å². The number of aromatic nitrogens is 1. The first-order chi connectivity index (χ1) is 15.6. The zero-order valence-corrected chi connectivity index (χ0v) is 18.3. The molecule has 2 fully saturated rings. The van der Waals surface area contributed by atoms with Gasteiger partial charge in [0, 0.05) is 23.8 Å². The molecule has 0 bridgehead atoms. The molecule has 0 radical (unpaired) electrons. The number of halogens is 3. The fourth-order valence-electron chi connectivity index (χ4n) is 4.74. The number of nitrogens with zero attached hydrogens (tertiary/aromatic N) is 3. The summed E-state index contributed by atoms with van der Waals surface area (Å²) in [7, 11) is 0. The number of benzene rings is 1. The Morgan fingerprint density at radius 2 is 1.64 bits per heavy atom. The largest absolute Gasteiger partial charge is 0.421 e. The minimum atomic E-state index is -4.81. The maximum absolute atomic E-state index is 13.3. The van der Waals surface area contributed by atoms with Crippen molar-refractivity contribution in [2.75, 3.05) is 0 Å². The maximum Gasteiger partial charge on any atom is 0.421 e. The third-order valence-corrected chi connectivity index (χ3v) is 6.90. The van der Waals surface area contributed by atoms with Crippen molar-refractivity contribution < 1.29 is 23.1 Å². The van der Waals surface area contributed by atoms with Crippen molar-refractivity contribution >= 4 is 5.91 Å². The Morgan fingerprint density at radius 3 is 2.15 bits per heavy atom. The molecule has 4 rings (SSSR count). The molecule has 1 N–H and O–H groups in total. The lowest BCUT2D eigenvalue weighted by atomic mass is 9.80. The van der Waals surface area contributed by atoms with Gasteiger partial charge in [-0.1, -0.05) is 18.2 Å². The topological polar surface area (TPSA) is 77.2 Å². The molecule has 1 aromatic carbocycles. The van der Waals surface area contributed by atoms with Gasteiger partial charge in [0.15, 0.2) is 5.60 Å². The van der Waals surface area contributed by atoms with Crippen molar-refractivity contribution in [3.05, 3.63) is 65.0 Å². The number of carbonyl (C=O) groups is 1. The second-order valence-electron chi connectivity index (χ2n) is 9.15. The third-order valence-electron chi connectivity index (χ3n) is 6.90. The van der Waals surface area contributed by atoms with Crippen LogP contribution in [0.5, 0.6) is 0 Å². The van der Waals surface area contributed by atoms with Gasteiger partial charge in [-0.3, -0.25) is 4.79 Å². The van der Waals surface area contributed by atoms with Crippen LogP contribution in [0.15, 0.2) is 42.6 Å². The SMILES string of the molecule is C[C@](O)(c1ccc(C(=O)N(C2CC2)[C@H]2CC[C@H](c3cccnc3C#N)CC2)cc1)C(F)(F)F. The molecule has 2 aliphatic rings. The molecule has 8 heteroatoms. The quantitative estimate of drug-likeness (QED) is 0.681. The smallest absolute Gasteiger partial charge is 0.376 e. The summed E-state index contributed by atoms with van der Waals surface area (Å²) in [5.41, 5.74) is -1.54. The Bertz CT molecular complexity index is 1050. The molecule has 1 heterocycles. The Hall–Kier alpha value is -2.92. The number of alkyl halides is 3. The van der Waals surface area contributed by atoms with E-state index in [0.29, 0.717) is 18.2 Å². The number of hydrogen-bond donors (Lipinski definition) is 1. The first-order valence-electron chi connectivity index (χ1n) is 11.2. The minimum absolute atomic E-state index is 0.0569. The molecule has 0 unspecified atom stereocenters. The van der Waals surface area contributed by atoms with E-state index < -0.39 is 11.8 Å². The van der Waals surface area contributed by atoms with Gasteiger partial charge in [0.05, 0.1) is 0 Å². The lowest BCUT2D eigenvalue weighted by molar-refractivity contribution is -0.258. The normalized spacial score (nSPS) is 22.8. The summed E-state index contributed by atoms with van der Waals surface area (Å²) in [6.45, 7) is 0.707. The van der Waals surface area contributed by atoms with Crippen LogP contribution in [0.25, 0.3) is 0 Å². The predicted molar refractivity (Wildman–Crippen MR) is 115 cm³/mol. The number of amides is 1. The molecule has 0 aliphatic heterocycles. The van der Waals surface area contributed by atoms with Crippen LogP contribution in [-0.2, 0) is 5.60 Å². The average Bonchev–Trinajstić information content (AvgIpc) is 3.64. The number of aliphatic hydroxyl groups is 1. The first-order valence-corrected chi connectivity index (χ1v) is 11.2. The summed E-state index contributed by atoms with van der Waals surface area (Å²) < 4.78 is 39.4. The van der Waals surface area contributed by atoms with Gasteiger partial charge in [0.2, 0.25) is 0 Å². The molecular weight excluding hydrogens is 431 g/mol. The molecule has 174 valence electrons. The number of pyridine rings is 1. The monoisotopic (exact) mass is 457 g/mol. The first kappa shape index (κ1) is 23.2. The van der Waals surface area contributed by atoms with Gasteiger partial charge in [0.25, 0.3) is 5.91 Å². The van der Waals surface area contributed by atoms with E-state index in [1.54, 1.807) is 6.20 Å². The van der Waals surface area contributed by atoms with Crippen molar-refractivity contribution in [3.63, 3.8) is 0 Å². The molecule has 1 aromatic heterocycles. The highest BCUT2D eigenvalue weighted by Gasteiger charge is 2.51. The fraction of sp³-hybridized carbons (Fsp3) is 0.480. The van der Waals surface area contributed by atoms with E-state index in [-0.39, 0.29) is 29.5 Å². The highest BCUT2D eigenvalue weighted by molar-refractivity contribution is 5.95. The molecular formula is C25H26F3N3O2. The summed E-state index contributed by atoms with van der Waals surface area (Å²) in [6.07, 6.45) is 1.93. The van der Waals surface area contributed by atoms with Crippen molar-refractivity contribution in [2.45, 2.75) is 75.2 Å². The van der Waals surface area contributed by atoms with Crippen molar-refractivity contribution in [1.82, 2.24) is 9.88 Å². The van der Waals surface area contributed by atoms with Crippen LogP contribution in [0.4, 0.5) is 13.2 Å². The van der Waals surface area contributed by atoms with Crippen LogP contribution < -0.4 is 0 Å². The Kier molecular flexibility index (Phi) is 6.19. The van der Waals surface area contributed by atoms with E-state index in [4.69, 9.17) is 0 Å². The summed E-state index contributed by atoms with van der Waals surface area (Å²) in [5, 5.41) is 19.2. The van der Waals surface area contributed by atoms with E-state index >= 15 is 0 Å². The lowest BCUT2D eigenvalue weighted by Gasteiger charge is -2.37. The summed E-state index contributed by atoms with van der Waals surface area (Å²) in [6, 6.07) is 11.2. The summed E-state index contributed by atoms with van der Waals surface area (Å²) in [4.78, 5) is 19.4. The second kappa shape index (κ2) is 8.79. The highest BCUT2D eigenvalue weighted by atomic mass is 19.4. The van der Waals surface area contributed by atoms with Crippen LogP contribution in [0.2, 0.25) is 0 Å². The zero-order chi connectivity index (χ0) is 23.8. The van der Waals surface area contributed by atoms with Gasteiger partial charge in [-0.05, 0) is 80.7 Å². The van der Waals surface area contributed by atoms with Crippen LogP contribution >= 0.6 is 0 Å². The molecule has 0 spiro atoms. The van der Waals surface area contributed by atoms with E-state index in [1.807, 2.05) is 17.0 Å². The fourth-order valence-corrected chi connectivity index (χ4v) is 4.74. The van der Waals surface area contributed by atoms with Gasteiger partial charge in [-0.15, -0.1) is 0 Å². The van der Waals surface area contributed by atoms with E-state index in [2.05, 4.69) is 11.1 Å². The number of nitriles is 1. The molecule has 2 aromatic rings. The van der Waals surface area contributed by atoms with E-state index in [9.17, 15) is 28.3 Å². The molecule has 5 nitrogen and oxygen atoms in total. The molecule has 1 atom stereocenters. The Labute approximate surface area is 190 Å². The van der Waals surface area contributed by atoms with Gasteiger partial charge < -0.3 is 10.0 Å². The summed E-state index contributed by atoms with van der Waals surface area (Å²) in [5.74, 6) is 0.0443. The van der Waals surface area contributed by atoms with Crippen molar-refractivity contribution in [3.8, 4) is 6.07 Å². The van der Waals surface area contributed by atoms with E-state index in [1.165, 1.54) is 24.3 Å². The third kappa shape index (κ3) is 4.60. The van der Waals surface area contributed by atoms with Gasteiger partial charge in [0.1, 0.15) is 11.8 Å². The second-order valence-corrected chi connectivity index (χ2v) is 9.15. The van der Waals surface area contributed by atoms with Gasteiger partial charge >= 0.3 is 6.18 Å². The van der Waals surface area contributed by atoms with Crippen molar-refractivity contribution in [1.29, 1.82) is 5.26 Å². The van der Waals surface area contributed by atoms with Crippen LogP contribution in [0, 0.1) is 11.3 Å².